The highest BCUT2D eigenvalue weighted by Gasteiger charge is 2.25. The monoisotopic (exact) mass is 494 g/mol. The third-order valence-electron chi connectivity index (χ3n) is 5.82. The molecule has 1 saturated heterocycles. The first-order valence-electron chi connectivity index (χ1n) is 11.3. The number of halogens is 1. The number of nitrogens with zero attached hydrogens (tertiary/aromatic N) is 2. The van der Waals surface area contributed by atoms with Gasteiger partial charge in [0.1, 0.15) is 11.5 Å². The van der Waals surface area contributed by atoms with E-state index in [-0.39, 0.29) is 11.7 Å². The van der Waals surface area contributed by atoms with Crippen molar-refractivity contribution in [3.8, 4) is 11.1 Å². The molecule has 176 valence electrons. The summed E-state index contributed by atoms with van der Waals surface area (Å²) in [5.74, 6) is -0.214. The van der Waals surface area contributed by atoms with Crippen LogP contribution in [0.1, 0.15) is 41.2 Å². The highest BCUT2D eigenvalue weighted by atomic mass is 32.1. The minimum absolute atomic E-state index is 0.246. The second-order valence-corrected chi connectivity index (χ2v) is 9.37. The van der Waals surface area contributed by atoms with Crippen molar-refractivity contribution in [2.24, 2.45) is 0 Å². The van der Waals surface area contributed by atoms with E-state index in [0.29, 0.717) is 17.3 Å². The Bertz CT molecular complexity index is 1170. The summed E-state index contributed by atoms with van der Waals surface area (Å²) < 4.78 is 13.3. The Morgan fingerprint density at radius 3 is 2.68 bits per heavy atom. The number of thiocarbonyl (C=S) groups is 1. The molecule has 0 bridgehead atoms. The van der Waals surface area contributed by atoms with Gasteiger partial charge in [0, 0.05) is 42.2 Å². The first-order chi connectivity index (χ1) is 16.5. The zero-order chi connectivity index (χ0) is 23.9. The molecule has 3 aromatic rings. The van der Waals surface area contributed by atoms with E-state index in [1.54, 1.807) is 12.1 Å². The smallest absolute Gasteiger partial charge is 0.275 e. The Hall–Kier alpha value is -3.10. The minimum Gasteiger partial charge on any atom is -0.359 e. The van der Waals surface area contributed by atoms with Gasteiger partial charge in [-0.3, -0.25) is 4.79 Å². The van der Waals surface area contributed by atoms with E-state index < -0.39 is 0 Å². The number of carbonyl (C=O) groups is 1. The molecule has 2 N–H and O–H groups in total. The van der Waals surface area contributed by atoms with E-state index in [1.165, 1.54) is 23.5 Å². The first-order valence-corrected chi connectivity index (χ1v) is 12.6. The first kappa shape index (κ1) is 24.0. The van der Waals surface area contributed by atoms with Crippen LogP contribution in [0.25, 0.3) is 11.1 Å². The van der Waals surface area contributed by atoms with Gasteiger partial charge in [0.2, 0.25) is 0 Å². The van der Waals surface area contributed by atoms with E-state index in [1.807, 2.05) is 48.7 Å². The normalized spacial score (nSPS) is 14.4. The van der Waals surface area contributed by atoms with Crippen LogP contribution in [0.5, 0.6) is 0 Å². The minimum atomic E-state index is -0.294. The topological polar surface area (TPSA) is 57.3 Å². The summed E-state index contributed by atoms with van der Waals surface area (Å²) in [6.07, 6.45) is 5.94. The van der Waals surface area contributed by atoms with Gasteiger partial charge in [0.05, 0.1) is 5.01 Å². The molecular formula is C26H27FN4OS2. The summed E-state index contributed by atoms with van der Waals surface area (Å²) in [4.78, 5) is 19.8. The number of piperidine rings is 1. The fourth-order valence-corrected chi connectivity index (χ4v) is 5.18. The molecule has 34 heavy (non-hydrogen) atoms. The average molecular weight is 495 g/mol. The van der Waals surface area contributed by atoms with Gasteiger partial charge in [0.15, 0.2) is 5.11 Å². The number of likely N-dealkylation sites (tertiary alicyclic amines) is 1. The molecule has 8 heteroatoms. The Balaban J connectivity index is 1.38. The van der Waals surface area contributed by atoms with Gasteiger partial charge in [-0.25, -0.2) is 9.37 Å². The molecule has 1 aliphatic rings. The number of amides is 1. The Morgan fingerprint density at radius 2 is 1.94 bits per heavy atom. The lowest BCUT2D eigenvalue weighted by Crippen LogP contribution is -2.43. The SMILES string of the molecule is CC=CCNC(=S)N1CCC(c2nc(C(=O)Nc3ccccc3-c3ccc(F)cc3)cs2)CC1. The van der Waals surface area contributed by atoms with Crippen LogP contribution in [-0.2, 0) is 0 Å². The van der Waals surface area contributed by atoms with Gasteiger partial charge in [-0.15, -0.1) is 11.3 Å². The molecule has 4 rings (SSSR count). The van der Waals surface area contributed by atoms with E-state index in [0.717, 1.165) is 53.7 Å². The Labute approximate surface area is 208 Å². The number of carbonyl (C=O) groups excluding carboxylic acids is 1. The maximum absolute atomic E-state index is 13.3. The van der Waals surface area contributed by atoms with Crippen LogP contribution >= 0.6 is 23.6 Å². The second-order valence-electron chi connectivity index (χ2n) is 8.09. The summed E-state index contributed by atoms with van der Waals surface area (Å²) in [6, 6.07) is 13.7. The van der Waals surface area contributed by atoms with Crippen molar-refractivity contribution in [1.29, 1.82) is 0 Å². The van der Waals surface area contributed by atoms with Crippen LogP contribution in [0, 0.1) is 5.82 Å². The van der Waals surface area contributed by atoms with Crippen molar-refractivity contribution in [2.75, 3.05) is 25.0 Å². The van der Waals surface area contributed by atoms with E-state index in [2.05, 4.69) is 20.5 Å². The predicted molar refractivity (Wildman–Crippen MR) is 141 cm³/mol. The standard InChI is InChI=1S/C26H27FN4OS2/c1-2-3-14-28-26(33)31-15-12-19(13-16-31)25-30-23(17-34-25)24(32)29-22-7-5-4-6-21(22)18-8-10-20(27)11-9-18/h2-11,17,19H,12-16H2,1H3,(H,28,33)(H,29,32). The number of aromatic nitrogens is 1. The molecule has 0 spiro atoms. The number of allylic oxidation sites excluding steroid dienone is 1. The molecule has 2 aromatic carbocycles. The third kappa shape index (κ3) is 5.87. The fourth-order valence-electron chi connectivity index (χ4n) is 3.94. The number of hydrogen-bond donors (Lipinski definition) is 2. The fraction of sp³-hybridized carbons (Fsp3) is 0.269. The number of thiazole rings is 1. The molecule has 0 saturated carbocycles. The summed E-state index contributed by atoms with van der Waals surface area (Å²) in [6.45, 7) is 4.48. The van der Waals surface area contributed by atoms with Crippen molar-refractivity contribution in [2.45, 2.75) is 25.7 Å². The number of para-hydroxylation sites is 1. The molecule has 0 unspecified atom stereocenters. The molecule has 1 aromatic heterocycles. The molecule has 1 fully saturated rings. The number of benzene rings is 2. The summed E-state index contributed by atoms with van der Waals surface area (Å²) in [5.41, 5.74) is 2.75. The third-order valence-corrected chi connectivity index (χ3v) is 7.23. The lowest BCUT2D eigenvalue weighted by atomic mass is 9.98. The molecule has 0 aliphatic carbocycles. The molecular weight excluding hydrogens is 467 g/mol. The number of hydrogen-bond acceptors (Lipinski definition) is 4. The lowest BCUT2D eigenvalue weighted by molar-refractivity contribution is 0.102. The van der Waals surface area contributed by atoms with Gasteiger partial charge in [-0.2, -0.15) is 0 Å². The van der Waals surface area contributed by atoms with Gasteiger partial charge < -0.3 is 15.5 Å². The summed E-state index contributed by atoms with van der Waals surface area (Å²) in [5, 5.41) is 9.83. The zero-order valence-electron chi connectivity index (χ0n) is 19.0. The van der Waals surface area contributed by atoms with Crippen molar-refractivity contribution in [3.63, 3.8) is 0 Å². The van der Waals surface area contributed by atoms with Crippen LogP contribution in [-0.4, -0.2) is 40.5 Å². The highest BCUT2D eigenvalue weighted by Crippen LogP contribution is 2.32. The van der Waals surface area contributed by atoms with E-state index in [9.17, 15) is 9.18 Å². The molecule has 5 nitrogen and oxygen atoms in total. The molecule has 1 amide bonds. The average Bonchev–Trinajstić information content (AvgIpc) is 3.36. The van der Waals surface area contributed by atoms with Crippen molar-refractivity contribution in [1.82, 2.24) is 15.2 Å². The van der Waals surface area contributed by atoms with Crippen LogP contribution < -0.4 is 10.6 Å². The maximum Gasteiger partial charge on any atom is 0.275 e. The molecule has 0 radical (unpaired) electrons. The molecule has 0 atom stereocenters. The van der Waals surface area contributed by atoms with Crippen LogP contribution in [0.4, 0.5) is 10.1 Å². The van der Waals surface area contributed by atoms with Gasteiger partial charge in [0.25, 0.3) is 5.91 Å². The predicted octanol–water partition coefficient (Wildman–Crippen LogP) is 5.83. The summed E-state index contributed by atoms with van der Waals surface area (Å²) >= 11 is 7.03. The summed E-state index contributed by atoms with van der Waals surface area (Å²) in [7, 11) is 0. The largest absolute Gasteiger partial charge is 0.359 e. The van der Waals surface area contributed by atoms with Gasteiger partial charge in [-0.05, 0) is 55.7 Å². The van der Waals surface area contributed by atoms with Crippen LogP contribution in [0.3, 0.4) is 0 Å². The second kappa shape index (κ2) is 11.4. The lowest BCUT2D eigenvalue weighted by Gasteiger charge is -2.33. The number of anilines is 1. The quantitative estimate of drug-likeness (QED) is 0.333. The maximum atomic E-state index is 13.3. The van der Waals surface area contributed by atoms with Gasteiger partial charge in [-0.1, -0.05) is 42.5 Å². The van der Waals surface area contributed by atoms with Crippen molar-refractivity contribution in [3.05, 3.63) is 82.6 Å². The molecule has 2 heterocycles. The van der Waals surface area contributed by atoms with Crippen molar-refractivity contribution < 1.29 is 9.18 Å². The highest BCUT2D eigenvalue weighted by molar-refractivity contribution is 7.80. The van der Waals surface area contributed by atoms with Gasteiger partial charge >= 0.3 is 0 Å². The number of nitrogens with one attached hydrogen (secondary N) is 2. The molecule has 1 aliphatic heterocycles. The zero-order valence-corrected chi connectivity index (χ0v) is 20.6. The van der Waals surface area contributed by atoms with E-state index in [4.69, 9.17) is 12.2 Å². The number of rotatable bonds is 6. The Kier molecular flexibility index (Phi) is 8.03. The Morgan fingerprint density at radius 1 is 1.21 bits per heavy atom. The van der Waals surface area contributed by atoms with Crippen molar-refractivity contribution >= 4 is 40.3 Å². The van der Waals surface area contributed by atoms with E-state index >= 15 is 0 Å². The van der Waals surface area contributed by atoms with Crippen LogP contribution in [0.2, 0.25) is 0 Å². The van der Waals surface area contributed by atoms with Crippen LogP contribution in [0.15, 0.2) is 66.1 Å².